The van der Waals surface area contributed by atoms with Crippen LogP contribution < -0.4 is 20.9 Å². The first-order valence-electron chi connectivity index (χ1n) is 9.17. The minimum absolute atomic E-state index is 0.209. The average molecular weight is 385 g/mol. The van der Waals surface area contributed by atoms with Crippen molar-refractivity contribution in [3.63, 3.8) is 0 Å². The largest absolute Gasteiger partial charge is 0.497 e. The molecule has 0 amide bonds. The molecule has 0 radical (unpaired) electrons. The molecule has 2 aromatic heterocycles. The van der Waals surface area contributed by atoms with Crippen molar-refractivity contribution in [2.75, 3.05) is 32.3 Å². The van der Waals surface area contributed by atoms with E-state index in [-0.39, 0.29) is 17.8 Å². The lowest BCUT2D eigenvalue weighted by Crippen LogP contribution is -2.40. The summed E-state index contributed by atoms with van der Waals surface area (Å²) in [6.07, 6.45) is 0.866. The zero-order chi connectivity index (χ0) is 19.8. The van der Waals surface area contributed by atoms with Crippen LogP contribution in [0.3, 0.4) is 0 Å². The first-order valence-corrected chi connectivity index (χ1v) is 9.17. The summed E-state index contributed by atoms with van der Waals surface area (Å²) in [5.74, 6) is 1.45. The van der Waals surface area contributed by atoms with Gasteiger partial charge in [-0.1, -0.05) is 0 Å². The van der Waals surface area contributed by atoms with E-state index in [2.05, 4.69) is 9.88 Å². The molecule has 0 bridgehead atoms. The van der Waals surface area contributed by atoms with E-state index in [0.717, 1.165) is 24.4 Å². The Kier molecular flexibility index (Phi) is 4.68. The van der Waals surface area contributed by atoms with Crippen molar-refractivity contribution in [1.82, 2.24) is 18.7 Å². The van der Waals surface area contributed by atoms with Gasteiger partial charge in [0.1, 0.15) is 5.75 Å². The molecule has 1 aliphatic rings. The standard InChI is InChI=1S/C19H23N5O4/c1-21-16-15(17(25)24(19(21)26)11-12-27-2)23-10-4-9-22(18(23)20-16)13-5-7-14(28-3)8-6-13/h5-8H,4,9-12H2,1-3H3. The number of hydrogen-bond acceptors (Lipinski definition) is 6. The maximum atomic E-state index is 13.1. The summed E-state index contributed by atoms with van der Waals surface area (Å²) in [4.78, 5) is 32.4. The number of benzene rings is 1. The molecule has 0 aliphatic carbocycles. The zero-order valence-corrected chi connectivity index (χ0v) is 16.2. The summed E-state index contributed by atoms with van der Waals surface area (Å²) in [6.45, 7) is 1.96. The van der Waals surface area contributed by atoms with Crippen molar-refractivity contribution >= 4 is 22.8 Å². The maximum absolute atomic E-state index is 13.1. The molecule has 0 saturated heterocycles. The second-order valence-corrected chi connectivity index (χ2v) is 6.73. The van der Waals surface area contributed by atoms with Gasteiger partial charge < -0.3 is 18.9 Å². The van der Waals surface area contributed by atoms with E-state index < -0.39 is 0 Å². The van der Waals surface area contributed by atoms with Gasteiger partial charge in [-0.15, -0.1) is 0 Å². The number of fused-ring (bicyclic) bond motifs is 3. The van der Waals surface area contributed by atoms with Crippen molar-refractivity contribution < 1.29 is 9.47 Å². The van der Waals surface area contributed by atoms with Crippen molar-refractivity contribution in [2.45, 2.75) is 19.5 Å². The predicted molar refractivity (Wildman–Crippen MR) is 106 cm³/mol. The summed E-state index contributed by atoms with van der Waals surface area (Å²) in [5.41, 5.74) is 1.10. The van der Waals surface area contributed by atoms with Gasteiger partial charge in [-0.05, 0) is 30.7 Å². The van der Waals surface area contributed by atoms with Crippen LogP contribution in [-0.2, 0) is 24.9 Å². The van der Waals surface area contributed by atoms with E-state index in [1.165, 1.54) is 9.13 Å². The zero-order valence-electron chi connectivity index (χ0n) is 16.2. The van der Waals surface area contributed by atoms with Gasteiger partial charge in [0.15, 0.2) is 11.2 Å². The topological polar surface area (TPSA) is 83.5 Å². The van der Waals surface area contributed by atoms with E-state index in [9.17, 15) is 9.59 Å². The van der Waals surface area contributed by atoms with Gasteiger partial charge >= 0.3 is 5.69 Å². The molecule has 0 N–H and O–H groups in total. The van der Waals surface area contributed by atoms with Gasteiger partial charge in [0.2, 0.25) is 5.95 Å². The van der Waals surface area contributed by atoms with Gasteiger partial charge in [0.25, 0.3) is 5.56 Å². The SMILES string of the molecule is COCCn1c(=O)c2c(nc3n2CCCN3c2ccc(OC)cc2)n(C)c1=O. The van der Waals surface area contributed by atoms with E-state index in [0.29, 0.717) is 30.3 Å². The monoisotopic (exact) mass is 385 g/mol. The fourth-order valence-corrected chi connectivity index (χ4v) is 3.65. The van der Waals surface area contributed by atoms with Crippen LogP contribution in [-0.4, -0.2) is 46.1 Å². The van der Waals surface area contributed by atoms with Crippen LogP contribution in [0.15, 0.2) is 33.9 Å². The van der Waals surface area contributed by atoms with Gasteiger partial charge in [-0.3, -0.25) is 13.9 Å². The first-order chi connectivity index (χ1) is 13.6. The lowest BCUT2D eigenvalue weighted by Gasteiger charge is -2.29. The lowest BCUT2D eigenvalue weighted by atomic mass is 10.2. The number of imidazole rings is 1. The van der Waals surface area contributed by atoms with Crippen LogP contribution in [0.25, 0.3) is 11.2 Å². The van der Waals surface area contributed by atoms with E-state index in [1.54, 1.807) is 21.3 Å². The number of anilines is 2. The highest BCUT2D eigenvalue weighted by molar-refractivity contribution is 5.77. The molecule has 3 aromatic rings. The van der Waals surface area contributed by atoms with Gasteiger partial charge in [-0.25, -0.2) is 4.79 Å². The highest BCUT2D eigenvalue weighted by Gasteiger charge is 2.26. The molecule has 3 heterocycles. The van der Waals surface area contributed by atoms with Crippen LogP contribution in [0.1, 0.15) is 6.42 Å². The van der Waals surface area contributed by atoms with Crippen LogP contribution in [0.2, 0.25) is 0 Å². The van der Waals surface area contributed by atoms with E-state index in [1.807, 2.05) is 28.8 Å². The Labute approximate surface area is 161 Å². The minimum atomic E-state index is -0.388. The Hall–Kier alpha value is -3.07. The van der Waals surface area contributed by atoms with Crippen LogP contribution in [0, 0.1) is 0 Å². The third kappa shape index (κ3) is 2.78. The number of methoxy groups -OCH3 is 2. The molecule has 4 rings (SSSR count). The Morgan fingerprint density at radius 1 is 1.11 bits per heavy atom. The van der Waals surface area contributed by atoms with Crippen molar-refractivity contribution in [1.29, 1.82) is 0 Å². The van der Waals surface area contributed by atoms with Crippen LogP contribution in [0.5, 0.6) is 5.75 Å². The molecular weight excluding hydrogens is 362 g/mol. The fraction of sp³-hybridized carbons (Fsp3) is 0.421. The maximum Gasteiger partial charge on any atom is 0.332 e. The fourth-order valence-electron chi connectivity index (χ4n) is 3.65. The summed E-state index contributed by atoms with van der Waals surface area (Å²) >= 11 is 0. The first kappa shape index (κ1) is 18.3. The Balaban J connectivity index is 1.90. The van der Waals surface area contributed by atoms with Gasteiger partial charge in [-0.2, -0.15) is 4.98 Å². The third-order valence-corrected chi connectivity index (χ3v) is 5.12. The number of aryl methyl sites for hydroxylation is 2. The molecule has 0 unspecified atom stereocenters. The third-order valence-electron chi connectivity index (χ3n) is 5.12. The molecule has 9 heteroatoms. The van der Waals surface area contributed by atoms with Crippen molar-refractivity contribution in [3.05, 3.63) is 45.1 Å². The van der Waals surface area contributed by atoms with Crippen molar-refractivity contribution in [2.24, 2.45) is 7.05 Å². The Morgan fingerprint density at radius 3 is 2.54 bits per heavy atom. The van der Waals surface area contributed by atoms with E-state index >= 15 is 0 Å². The number of hydrogen-bond donors (Lipinski definition) is 0. The summed E-state index contributed by atoms with van der Waals surface area (Å²) in [5, 5.41) is 0. The Morgan fingerprint density at radius 2 is 1.86 bits per heavy atom. The minimum Gasteiger partial charge on any atom is -0.497 e. The number of ether oxygens (including phenoxy) is 2. The summed E-state index contributed by atoms with van der Waals surface area (Å²) in [7, 11) is 4.82. The van der Waals surface area contributed by atoms with E-state index in [4.69, 9.17) is 9.47 Å². The number of nitrogens with zero attached hydrogens (tertiary/aromatic N) is 5. The molecule has 0 atom stereocenters. The second-order valence-electron chi connectivity index (χ2n) is 6.73. The molecule has 0 saturated carbocycles. The van der Waals surface area contributed by atoms with Gasteiger partial charge in [0.05, 0.1) is 20.3 Å². The lowest BCUT2D eigenvalue weighted by molar-refractivity contribution is 0.184. The van der Waals surface area contributed by atoms with Crippen LogP contribution >= 0.6 is 0 Å². The van der Waals surface area contributed by atoms with Crippen molar-refractivity contribution in [3.8, 4) is 5.75 Å². The number of rotatable bonds is 5. The molecule has 9 nitrogen and oxygen atoms in total. The summed E-state index contributed by atoms with van der Waals surface area (Å²) in [6, 6.07) is 7.71. The molecule has 1 aromatic carbocycles. The molecule has 28 heavy (non-hydrogen) atoms. The average Bonchev–Trinajstić information content (AvgIpc) is 3.12. The normalized spacial score (nSPS) is 13.8. The Bertz CT molecular complexity index is 1130. The molecule has 1 aliphatic heterocycles. The number of aromatic nitrogens is 4. The van der Waals surface area contributed by atoms with Gasteiger partial charge in [0, 0.05) is 32.9 Å². The molecular formula is C19H23N5O4. The predicted octanol–water partition coefficient (Wildman–Crippen LogP) is 1.09. The summed E-state index contributed by atoms with van der Waals surface area (Å²) < 4.78 is 14.8. The second kappa shape index (κ2) is 7.16. The highest BCUT2D eigenvalue weighted by Crippen LogP contribution is 2.31. The quantitative estimate of drug-likeness (QED) is 0.654. The molecule has 0 fully saturated rings. The van der Waals surface area contributed by atoms with Crippen LogP contribution in [0.4, 0.5) is 11.6 Å². The molecule has 0 spiro atoms. The smallest absolute Gasteiger partial charge is 0.332 e. The highest BCUT2D eigenvalue weighted by atomic mass is 16.5. The molecule has 148 valence electrons.